The van der Waals surface area contributed by atoms with Crippen molar-refractivity contribution in [2.24, 2.45) is 12.8 Å². The van der Waals surface area contributed by atoms with Crippen LogP contribution in [0.3, 0.4) is 0 Å². The zero-order chi connectivity index (χ0) is 10.7. The third-order valence-electron chi connectivity index (χ3n) is 2.44. The van der Waals surface area contributed by atoms with Crippen LogP contribution in [0.15, 0.2) is 29.1 Å². The van der Waals surface area contributed by atoms with E-state index in [1.54, 1.807) is 16.0 Å². The van der Waals surface area contributed by atoms with Crippen molar-refractivity contribution >= 4 is 11.3 Å². The minimum Gasteiger partial charge on any atom is -0.323 e. The number of nitrogens with zero attached hydrogens (tertiary/aromatic N) is 2. The Morgan fingerprint density at radius 2 is 2.40 bits per heavy atom. The quantitative estimate of drug-likeness (QED) is 0.859. The molecule has 0 saturated carbocycles. The molecule has 0 bridgehead atoms. The van der Waals surface area contributed by atoms with E-state index in [9.17, 15) is 0 Å². The van der Waals surface area contributed by atoms with Crippen molar-refractivity contribution in [1.29, 1.82) is 0 Å². The first-order valence-electron chi connectivity index (χ1n) is 5.02. The lowest BCUT2D eigenvalue weighted by molar-refractivity contribution is 0.613. The molecule has 2 aromatic heterocycles. The lowest BCUT2D eigenvalue weighted by Crippen LogP contribution is -2.12. The zero-order valence-corrected chi connectivity index (χ0v) is 9.57. The second-order valence-electron chi connectivity index (χ2n) is 3.69. The lowest BCUT2D eigenvalue weighted by atomic mass is 10.1. The molecule has 0 aliphatic heterocycles. The largest absolute Gasteiger partial charge is 0.323 e. The zero-order valence-electron chi connectivity index (χ0n) is 8.76. The highest BCUT2D eigenvalue weighted by Gasteiger charge is 2.08. The summed E-state index contributed by atoms with van der Waals surface area (Å²) in [7, 11) is 1.91. The van der Waals surface area contributed by atoms with Crippen molar-refractivity contribution in [1.82, 2.24) is 9.78 Å². The Bertz CT molecular complexity index is 405. The summed E-state index contributed by atoms with van der Waals surface area (Å²) in [6.45, 7) is 0. The van der Waals surface area contributed by atoms with Crippen molar-refractivity contribution in [2.45, 2.75) is 18.9 Å². The first kappa shape index (κ1) is 10.4. The van der Waals surface area contributed by atoms with Crippen molar-refractivity contribution in [3.63, 3.8) is 0 Å². The number of aryl methyl sites for hydroxylation is 2. The summed E-state index contributed by atoms with van der Waals surface area (Å²) in [5.41, 5.74) is 8.40. The highest BCUT2D eigenvalue weighted by molar-refractivity contribution is 7.07. The monoisotopic (exact) mass is 221 g/mol. The second kappa shape index (κ2) is 4.59. The number of rotatable bonds is 4. The summed E-state index contributed by atoms with van der Waals surface area (Å²) in [5.74, 6) is 0. The van der Waals surface area contributed by atoms with Gasteiger partial charge in [-0.15, -0.1) is 0 Å². The van der Waals surface area contributed by atoms with E-state index in [0.29, 0.717) is 0 Å². The number of hydrogen-bond donors (Lipinski definition) is 1. The first-order valence-corrected chi connectivity index (χ1v) is 5.96. The highest BCUT2D eigenvalue weighted by atomic mass is 32.1. The van der Waals surface area contributed by atoms with Crippen molar-refractivity contribution < 1.29 is 0 Å². The van der Waals surface area contributed by atoms with Crippen molar-refractivity contribution in [3.05, 3.63) is 40.3 Å². The summed E-state index contributed by atoms with van der Waals surface area (Å²) in [6, 6.07) is 4.18. The molecule has 3 nitrogen and oxygen atoms in total. The molecule has 0 radical (unpaired) electrons. The molecule has 2 aromatic rings. The molecule has 0 aromatic carbocycles. The van der Waals surface area contributed by atoms with Gasteiger partial charge in [-0.2, -0.15) is 16.4 Å². The van der Waals surface area contributed by atoms with E-state index in [1.165, 1.54) is 5.56 Å². The molecule has 0 amide bonds. The SMILES string of the molecule is Cn1ccc(C(N)CCc2ccsc2)n1. The Balaban J connectivity index is 1.90. The van der Waals surface area contributed by atoms with E-state index in [2.05, 4.69) is 21.9 Å². The van der Waals surface area contributed by atoms with Gasteiger partial charge in [0.2, 0.25) is 0 Å². The molecular formula is C11H15N3S. The highest BCUT2D eigenvalue weighted by Crippen LogP contribution is 2.16. The topological polar surface area (TPSA) is 43.8 Å². The van der Waals surface area contributed by atoms with Crippen molar-refractivity contribution in [2.75, 3.05) is 0 Å². The number of aromatic nitrogens is 2. The molecule has 0 saturated heterocycles. The van der Waals surface area contributed by atoms with Gasteiger partial charge in [-0.3, -0.25) is 4.68 Å². The van der Waals surface area contributed by atoms with Gasteiger partial charge in [0, 0.05) is 19.3 Å². The van der Waals surface area contributed by atoms with Gasteiger partial charge < -0.3 is 5.73 Å². The second-order valence-corrected chi connectivity index (χ2v) is 4.47. The maximum atomic E-state index is 6.05. The fraction of sp³-hybridized carbons (Fsp3) is 0.364. The van der Waals surface area contributed by atoms with Crippen LogP contribution in [0.1, 0.15) is 23.7 Å². The fourth-order valence-electron chi connectivity index (χ4n) is 1.54. The first-order chi connectivity index (χ1) is 7.25. The number of hydrogen-bond acceptors (Lipinski definition) is 3. The maximum Gasteiger partial charge on any atom is 0.0791 e. The van der Waals surface area contributed by atoms with Gasteiger partial charge in [0.25, 0.3) is 0 Å². The van der Waals surface area contributed by atoms with E-state index in [0.717, 1.165) is 18.5 Å². The average Bonchev–Trinajstić information content (AvgIpc) is 2.84. The van der Waals surface area contributed by atoms with Crippen LogP contribution >= 0.6 is 11.3 Å². The molecule has 4 heteroatoms. The van der Waals surface area contributed by atoms with Gasteiger partial charge in [0.05, 0.1) is 5.69 Å². The van der Waals surface area contributed by atoms with E-state index in [-0.39, 0.29) is 6.04 Å². The van der Waals surface area contributed by atoms with Crippen LogP contribution in [-0.4, -0.2) is 9.78 Å². The van der Waals surface area contributed by atoms with Crippen LogP contribution in [0.2, 0.25) is 0 Å². The number of nitrogens with two attached hydrogens (primary N) is 1. The van der Waals surface area contributed by atoms with Crippen LogP contribution in [0, 0.1) is 0 Å². The Kier molecular flexibility index (Phi) is 3.18. The molecule has 15 heavy (non-hydrogen) atoms. The van der Waals surface area contributed by atoms with Crippen LogP contribution < -0.4 is 5.73 Å². The molecule has 2 N–H and O–H groups in total. The third-order valence-corrected chi connectivity index (χ3v) is 3.17. The van der Waals surface area contributed by atoms with Crippen molar-refractivity contribution in [3.8, 4) is 0 Å². The molecule has 80 valence electrons. The smallest absolute Gasteiger partial charge is 0.0791 e. The van der Waals surface area contributed by atoms with E-state index >= 15 is 0 Å². The van der Waals surface area contributed by atoms with E-state index < -0.39 is 0 Å². The van der Waals surface area contributed by atoms with Gasteiger partial charge in [0.15, 0.2) is 0 Å². The van der Waals surface area contributed by atoms with Gasteiger partial charge in [-0.1, -0.05) is 0 Å². The molecule has 1 atom stereocenters. The molecule has 1 unspecified atom stereocenters. The predicted octanol–water partition coefficient (Wildman–Crippen LogP) is 2.11. The molecule has 0 spiro atoms. The van der Waals surface area contributed by atoms with Gasteiger partial charge in [-0.05, 0) is 41.3 Å². The summed E-state index contributed by atoms with van der Waals surface area (Å²) >= 11 is 1.73. The average molecular weight is 221 g/mol. The van der Waals surface area contributed by atoms with Gasteiger partial charge in [0.1, 0.15) is 0 Å². The van der Waals surface area contributed by atoms with Crippen LogP contribution in [-0.2, 0) is 13.5 Å². The molecule has 0 aliphatic carbocycles. The standard InChI is InChI=1S/C11H15N3S/c1-14-6-4-11(13-14)10(12)3-2-9-5-7-15-8-9/h4-8,10H,2-3,12H2,1H3. The summed E-state index contributed by atoms with van der Waals surface area (Å²) in [4.78, 5) is 0. The molecular weight excluding hydrogens is 206 g/mol. The van der Waals surface area contributed by atoms with Crippen LogP contribution in [0.5, 0.6) is 0 Å². The number of thiophene rings is 1. The third kappa shape index (κ3) is 2.67. The molecule has 2 rings (SSSR count). The van der Waals surface area contributed by atoms with Crippen LogP contribution in [0.4, 0.5) is 0 Å². The Hall–Kier alpha value is -1.13. The predicted molar refractivity (Wildman–Crippen MR) is 62.8 cm³/mol. The van der Waals surface area contributed by atoms with E-state index in [1.807, 2.05) is 19.3 Å². The minimum absolute atomic E-state index is 0.0473. The Labute approximate surface area is 93.5 Å². The van der Waals surface area contributed by atoms with Crippen LogP contribution in [0.25, 0.3) is 0 Å². The minimum atomic E-state index is 0.0473. The summed E-state index contributed by atoms with van der Waals surface area (Å²) in [6.07, 6.45) is 3.91. The Morgan fingerprint density at radius 3 is 3.00 bits per heavy atom. The Morgan fingerprint density at radius 1 is 1.53 bits per heavy atom. The molecule has 0 aliphatic rings. The lowest BCUT2D eigenvalue weighted by Gasteiger charge is -2.07. The van der Waals surface area contributed by atoms with Gasteiger partial charge in [-0.25, -0.2) is 0 Å². The van der Waals surface area contributed by atoms with E-state index in [4.69, 9.17) is 5.73 Å². The normalized spacial score (nSPS) is 12.9. The maximum absolute atomic E-state index is 6.05. The summed E-state index contributed by atoms with van der Waals surface area (Å²) in [5, 5.41) is 8.58. The summed E-state index contributed by atoms with van der Waals surface area (Å²) < 4.78 is 1.79. The fourth-order valence-corrected chi connectivity index (χ4v) is 2.24. The molecule has 2 heterocycles. The molecule has 0 fully saturated rings. The van der Waals surface area contributed by atoms with Gasteiger partial charge >= 0.3 is 0 Å².